The summed E-state index contributed by atoms with van der Waals surface area (Å²) in [7, 11) is 0. The topological polar surface area (TPSA) is 0 Å². The summed E-state index contributed by atoms with van der Waals surface area (Å²) in [6, 6.07) is 34.0. The molecule has 3 heteroatoms. The van der Waals surface area contributed by atoms with Crippen LogP contribution in [0.15, 0.2) is 102 Å². The second-order valence-corrected chi connectivity index (χ2v) is 14.4. The SMILES string of the molecule is CP(Cl)(c1ccccc1)(c1ccccc1)c1ccccc1-c1cccs1. The third-order valence-corrected chi connectivity index (χ3v) is 12.2. The summed E-state index contributed by atoms with van der Waals surface area (Å²) in [5, 5.41) is 5.72. The molecular weight excluding hydrogens is 375 g/mol. The monoisotopic (exact) mass is 394 g/mol. The van der Waals surface area contributed by atoms with Gasteiger partial charge >= 0.3 is 164 Å². The first-order chi connectivity index (χ1) is 12.6. The minimum absolute atomic E-state index is 1.19. The van der Waals surface area contributed by atoms with Gasteiger partial charge in [-0.3, -0.25) is 0 Å². The summed E-state index contributed by atoms with van der Waals surface area (Å²) in [4.78, 5) is 1.25. The van der Waals surface area contributed by atoms with Gasteiger partial charge in [-0.1, -0.05) is 0 Å². The van der Waals surface area contributed by atoms with Crippen molar-refractivity contribution in [1.29, 1.82) is 0 Å². The number of rotatable bonds is 4. The maximum absolute atomic E-state index is 7.83. The summed E-state index contributed by atoms with van der Waals surface area (Å²) < 4.78 is 0. The molecule has 0 aliphatic heterocycles. The minimum atomic E-state index is -3.11. The van der Waals surface area contributed by atoms with E-state index in [0.29, 0.717) is 0 Å². The normalized spacial score (nSPS) is 13.1. The van der Waals surface area contributed by atoms with Crippen LogP contribution >= 0.6 is 28.5 Å². The molecule has 0 saturated carbocycles. The van der Waals surface area contributed by atoms with E-state index in [2.05, 4.69) is 97.0 Å². The molecule has 3 aromatic carbocycles. The molecule has 0 amide bonds. The Kier molecular flexibility index (Phi) is 4.49. The Morgan fingerprint density at radius 2 is 1.19 bits per heavy atom. The fourth-order valence-corrected chi connectivity index (χ4v) is 9.35. The Balaban J connectivity index is 2.10. The zero-order valence-electron chi connectivity index (χ0n) is 14.5. The van der Waals surface area contributed by atoms with Crippen molar-refractivity contribution in [1.82, 2.24) is 0 Å². The molecule has 26 heavy (non-hydrogen) atoms. The Bertz CT molecular complexity index is 965. The van der Waals surface area contributed by atoms with Crippen molar-refractivity contribution in [3.8, 4) is 10.4 Å². The molecule has 0 nitrogen and oxygen atoms in total. The number of benzene rings is 3. The van der Waals surface area contributed by atoms with Crippen molar-refractivity contribution in [2.45, 2.75) is 0 Å². The van der Waals surface area contributed by atoms with E-state index < -0.39 is 5.96 Å². The van der Waals surface area contributed by atoms with Crippen LogP contribution in [0.3, 0.4) is 0 Å². The number of halogens is 1. The summed E-state index contributed by atoms with van der Waals surface area (Å²) in [6.07, 6.45) is 0. The second-order valence-electron chi connectivity index (χ2n) is 6.59. The fourth-order valence-electron chi connectivity index (χ4n) is 3.57. The van der Waals surface area contributed by atoms with Gasteiger partial charge in [-0.15, -0.1) is 0 Å². The van der Waals surface area contributed by atoms with Crippen molar-refractivity contribution in [3.63, 3.8) is 0 Å². The van der Waals surface area contributed by atoms with Gasteiger partial charge in [0.25, 0.3) is 0 Å². The van der Waals surface area contributed by atoms with E-state index in [0.717, 1.165) is 0 Å². The molecule has 0 saturated heterocycles. The molecule has 0 N–H and O–H groups in total. The Labute approximate surface area is 163 Å². The molecule has 4 rings (SSSR count). The third-order valence-electron chi connectivity index (χ3n) is 5.00. The van der Waals surface area contributed by atoms with Crippen molar-refractivity contribution in [2.75, 3.05) is 6.66 Å². The van der Waals surface area contributed by atoms with Crippen molar-refractivity contribution < 1.29 is 0 Å². The molecule has 0 aliphatic rings. The predicted octanol–water partition coefficient (Wildman–Crippen LogP) is 6.03. The van der Waals surface area contributed by atoms with Crippen LogP contribution in [0.25, 0.3) is 10.4 Å². The van der Waals surface area contributed by atoms with Crippen LogP contribution in [-0.2, 0) is 0 Å². The molecule has 4 aromatic rings. The summed E-state index contributed by atoms with van der Waals surface area (Å²) >= 11 is 9.59. The molecule has 0 aliphatic carbocycles. The Morgan fingerprint density at radius 1 is 0.654 bits per heavy atom. The third kappa shape index (κ3) is 2.72. The first-order valence-electron chi connectivity index (χ1n) is 8.58. The predicted molar refractivity (Wildman–Crippen MR) is 120 cm³/mol. The van der Waals surface area contributed by atoms with Crippen LogP contribution in [-0.4, -0.2) is 6.66 Å². The number of hydrogen-bond donors (Lipinski definition) is 0. The van der Waals surface area contributed by atoms with Gasteiger partial charge in [-0.05, 0) is 0 Å². The quantitative estimate of drug-likeness (QED) is 0.371. The van der Waals surface area contributed by atoms with E-state index in [9.17, 15) is 0 Å². The van der Waals surface area contributed by atoms with Crippen LogP contribution in [0.4, 0.5) is 0 Å². The van der Waals surface area contributed by atoms with E-state index in [-0.39, 0.29) is 0 Å². The number of hydrogen-bond acceptors (Lipinski definition) is 1. The van der Waals surface area contributed by atoms with E-state index in [1.54, 1.807) is 11.3 Å². The van der Waals surface area contributed by atoms with Gasteiger partial charge in [0.15, 0.2) is 0 Å². The van der Waals surface area contributed by atoms with Crippen LogP contribution in [0.5, 0.6) is 0 Å². The molecule has 0 atom stereocenters. The van der Waals surface area contributed by atoms with Gasteiger partial charge in [-0.25, -0.2) is 0 Å². The average Bonchev–Trinajstić information content (AvgIpc) is 3.24. The summed E-state index contributed by atoms with van der Waals surface area (Å²) in [5.74, 6) is -3.11. The average molecular weight is 395 g/mol. The Hall–Kier alpha value is -1.92. The van der Waals surface area contributed by atoms with Gasteiger partial charge in [0, 0.05) is 0 Å². The molecule has 0 bridgehead atoms. The zero-order valence-corrected chi connectivity index (χ0v) is 17.0. The summed E-state index contributed by atoms with van der Waals surface area (Å²) in [5.41, 5.74) is 1.23. The van der Waals surface area contributed by atoms with Gasteiger partial charge in [0.05, 0.1) is 0 Å². The van der Waals surface area contributed by atoms with Crippen LogP contribution in [0, 0.1) is 0 Å². The zero-order chi connectivity index (χ0) is 18.1. The first-order valence-corrected chi connectivity index (χ1v) is 13.0. The molecule has 0 spiro atoms. The number of thiophene rings is 1. The molecule has 0 fully saturated rings. The molecule has 130 valence electrons. The fraction of sp³-hybridized carbons (Fsp3) is 0.0435. The van der Waals surface area contributed by atoms with Crippen molar-refractivity contribution >= 4 is 44.4 Å². The van der Waals surface area contributed by atoms with Gasteiger partial charge in [0.1, 0.15) is 0 Å². The standard InChI is InChI=1S/C23H20ClPS/c1-25(24,19-11-4-2-5-12-19,20-13-6-3-7-14-20)22-16-9-8-15-21(22)23-17-10-18-26-23/h2-18H,1H3. The summed E-state index contributed by atoms with van der Waals surface area (Å²) in [6.45, 7) is 2.25. The molecular formula is C23H20ClPS. The first kappa shape index (κ1) is 17.5. The van der Waals surface area contributed by atoms with E-state index >= 15 is 0 Å². The van der Waals surface area contributed by atoms with E-state index in [1.807, 2.05) is 12.1 Å². The van der Waals surface area contributed by atoms with Crippen molar-refractivity contribution in [3.05, 3.63) is 102 Å². The van der Waals surface area contributed by atoms with Gasteiger partial charge in [0.2, 0.25) is 0 Å². The van der Waals surface area contributed by atoms with Gasteiger partial charge < -0.3 is 0 Å². The van der Waals surface area contributed by atoms with Crippen molar-refractivity contribution in [2.24, 2.45) is 0 Å². The molecule has 0 radical (unpaired) electrons. The van der Waals surface area contributed by atoms with Crippen LogP contribution in [0.1, 0.15) is 0 Å². The Morgan fingerprint density at radius 3 is 1.73 bits per heavy atom. The van der Waals surface area contributed by atoms with Crippen LogP contribution < -0.4 is 15.9 Å². The van der Waals surface area contributed by atoms with E-state index in [1.165, 1.54) is 26.4 Å². The molecule has 1 heterocycles. The second kappa shape index (κ2) is 6.67. The maximum atomic E-state index is 7.83. The van der Waals surface area contributed by atoms with Gasteiger partial charge in [-0.2, -0.15) is 0 Å². The molecule has 0 unspecified atom stereocenters. The van der Waals surface area contributed by atoms with E-state index in [4.69, 9.17) is 11.2 Å². The molecule has 1 aromatic heterocycles. The van der Waals surface area contributed by atoms with Crippen LogP contribution in [0.2, 0.25) is 0 Å².